The van der Waals surface area contributed by atoms with Crippen molar-refractivity contribution in [3.05, 3.63) is 22.3 Å². The summed E-state index contributed by atoms with van der Waals surface area (Å²) in [6, 6.07) is 2.02. The summed E-state index contributed by atoms with van der Waals surface area (Å²) in [5, 5.41) is 0. The minimum Gasteiger partial charge on any atom is -0.383 e. The Labute approximate surface area is 92.0 Å². The molecule has 14 heavy (non-hydrogen) atoms. The van der Waals surface area contributed by atoms with Crippen LogP contribution in [0.5, 0.6) is 0 Å². The SMILES string of the molecule is Nc1ncc(Br)cc1CCC1(N)CC1. The van der Waals surface area contributed by atoms with Crippen LogP contribution in [0.25, 0.3) is 0 Å². The van der Waals surface area contributed by atoms with Gasteiger partial charge in [-0.25, -0.2) is 4.98 Å². The summed E-state index contributed by atoms with van der Waals surface area (Å²) in [7, 11) is 0. The largest absolute Gasteiger partial charge is 0.383 e. The maximum atomic E-state index is 6.01. The summed E-state index contributed by atoms with van der Waals surface area (Å²) >= 11 is 3.38. The van der Waals surface area contributed by atoms with Crippen LogP contribution in [0.3, 0.4) is 0 Å². The molecule has 1 aromatic rings. The minimum atomic E-state index is 0.0920. The van der Waals surface area contributed by atoms with Gasteiger partial charge in [0.25, 0.3) is 0 Å². The van der Waals surface area contributed by atoms with Crippen molar-refractivity contribution >= 4 is 21.7 Å². The lowest BCUT2D eigenvalue weighted by Crippen LogP contribution is -2.22. The van der Waals surface area contributed by atoms with Gasteiger partial charge < -0.3 is 11.5 Å². The van der Waals surface area contributed by atoms with Crippen molar-refractivity contribution in [1.82, 2.24) is 4.98 Å². The molecular weight excluding hydrogens is 242 g/mol. The van der Waals surface area contributed by atoms with Gasteiger partial charge in [-0.15, -0.1) is 0 Å². The van der Waals surface area contributed by atoms with Crippen LogP contribution < -0.4 is 11.5 Å². The molecule has 0 amide bonds. The fourth-order valence-electron chi connectivity index (χ4n) is 1.49. The normalized spacial score (nSPS) is 18.1. The summed E-state index contributed by atoms with van der Waals surface area (Å²) in [4.78, 5) is 4.09. The molecule has 4 N–H and O–H groups in total. The van der Waals surface area contributed by atoms with Crippen molar-refractivity contribution in [1.29, 1.82) is 0 Å². The van der Waals surface area contributed by atoms with Crippen LogP contribution in [0.15, 0.2) is 16.7 Å². The molecule has 0 saturated heterocycles. The Bertz CT molecular complexity index is 347. The van der Waals surface area contributed by atoms with E-state index in [-0.39, 0.29) is 5.54 Å². The van der Waals surface area contributed by atoms with Gasteiger partial charge in [0.15, 0.2) is 0 Å². The van der Waals surface area contributed by atoms with Crippen LogP contribution in [-0.4, -0.2) is 10.5 Å². The van der Waals surface area contributed by atoms with Crippen molar-refractivity contribution in [2.45, 2.75) is 31.2 Å². The molecule has 0 radical (unpaired) electrons. The number of halogens is 1. The van der Waals surface area contributed by atoms with Gasteiger partial charge in [0.1, 0.15) is 5.82 Å². The van der Waals surface area contributed by atoms with E-state index in [1.54, 1.807) is 6.20 Å². The lowest BCUT2D eigenvalue weighted by Gasteiger charge is -2.09. The van der Waals surface area contributed by atoms with Crippen molar-refractivity contribution in [3.63, 3.8) is 0 Å². The highest BCUT2D eigenvalue weighted by Crippen LogP contribution is 2.37. The van der Waals surface area contributed by atoms with E-state index in [0.717, 1.165) is 35.7 Å². The number of nitrogens with two attached hydrogens (primary N) is 2. The zero-order valence-electron chi connectivity index (χ0n) is 7.96. The second kappa shape index (κ2) is 3.51. The van der Waals surface area contributed by atoms with Gasteiger partial charge in [-0.3, -0.25) is 0 Å². The first kappa shape index (κ1) is 9.93. The molecule has 0 unspecified atom stereocenters. The first-order valence-electron chi connectivity index (χ1n) is 4.78. The molecular formula is C10H14BrN3. The lowest BCUT2D eigenvalue weighted by molar-refractivity contribution is 0.609. The molecule has 1 aliphatic carbocycles. The average molecular weight is 256 g/mol. The molecule has 0 atom stereocenters. The Kier molecular flexibility index (Phi) is 2.49. The van der Waals surface area contributed by atoms with Crippen molar-refractivity contribution in [2.24, 2.45) is 5.73 Å². The number of nitrogen functional groups attached to an aromatic ring is 1. The molecule has 0 bridgehead atoms. The highest BCUT2D eigenvalue weighted by molar-refractivity contribution is 9.10. The number of aryl methyl sites for hydroxylation is 1. The first-order valence-corrected chi connectivity index (χ1v) is 5.57. The lowest BCUT2D eigenvalue weighted by atomic mass is 10.1. The number of nitrogens with zero attached hydrogens (tertiary/aromatic N) is 1. The third kappa shape index (κ3) is 2.25. The summed E-state index contributed by atoms with van der Waals surface area (Å²) in [5.74, 6) is 0.623. The fraction of sp³-hybridized carbons (Fsp3) is 0.500. The van der Waals surface area contributed by atoms with Gasteiger partial charge in [0, 0.05) is 16.2 Å². The predicted molar refractivity (Wildman–Crippen MR) is 60.8 cm³/mol. The van der Waals surface area contributed by atoms with Crippen LogP contribution in [0.1, 0.15) is 24.8 Å². The molecule has 0 aromatic carbocycles. The van der Waals surface area contributed by atoms with E-state index in [4.69, 9.17) is 11.5 Å². The van der Waals surface area contributed by atoms with Crippen LogP contribution in [0.4, 0.5) is 5.82 Å². The number of hydrogen-bond donors (Lipinski definition) is 2. The highest BCUT2D eigenvalue weighted by atomic mass is 79.9. The number of rotatable bonds is 3. The Hall–Kier alpha value is -0.610. The van der Waals surface area contributed by atoms with E-state index in [0.29, 0.717) is 5.82 Å². The average Bonchev–Trinajstić information content (AvgIpc) is 2.87. The third-order valence-electron chi connectivity index (χ3n) is 2.75. The molecule has 0 spiro atoms. The maximum Gasteiger partial charge on any atom is 0.126 e. The van der Waals surface area contributed by atoms with Crippen molar-refractivity contribution in [3.8, 4) is 0 Å². The van der Waals surface area contributed by atoms with E-state index in [1.807, 2.05) is 6.07 Å². The molecule has 76 valence electrons. The zero-order valence-corrected chi connectivity index (χ0v) is 9.55. The minimum absolute atomic E-state index is 0.0920. The number of pyridine rings is 1. The summed E-state index contributed by atoms with van der Waals surface area (Å²) in [6.07, 6.45) is 5.95. The van der Waals surface area contributed by atoms with Crippen molar-refractivity contribution in [2.75, 3.05) is 5.73 Å². The molecule has 1 heterocycles. The van der Waals surface area contributed by atoms with Crippen molar-refractivity contribution < 1.29 is 0 Å². The van der Waals surface area contributed by atoms with Gasteiger partial charge in [0.2, 0.25) is 0 Å². The monoisotopic (exact) mass is 255 g/mol. The number of hydrogen-bond acceptors (Lipinski definition) is 3. The van der Waals surface area contributed by atoms with Gasteiger partial charge in [0.05, 0.1) is 0 Å². The summed E-state index contributed by atoms with van der Waals surface area (Å²) in [5.41, 5.74) is 13.0. The van der Waals surface area contributed by atoms with E-state index in [1.165, 1.54) is 0 Å². The molecule has 2 rings (SSSR count). The smallest absolute Gasteiger partial charge is 0.126 e. The topological polar surface area (TPSA) is 64.9 Å². The molecule has 0 aliphatic heterocycles. The quantitative estimate of drug-likeness (QED) is 0.867. The first-order chi connectivity index (χ1) is 6.59. The van der Waals surface area contributed by atoms with Crippen LogP contribution >= 0.6 is 15.9 Å². The molecule has 4 heteroatoms. The Balaban J connectivity index is 2.04. The van der Waals surface area contributed by atoms with Gasteiger partial charge in [-0.2, -0.15) is 0 Å². The van der Waals surface area contributed by atoms with E-state index >= 15 is 0 Å². The Morgan fingerprint density at radius 3 is 2.86 bits per heavy atom. The Morgan fingerprint density at radius 2 is 2.21 bits per heavy atom. The molecule has 1 aromatic heterocycles. The third-order valence-corrected chi connectivity index (χ3v) is 3.19. The van der Waals surface area contributed by atoms with Crippen LogP contribution in [0.2, 0.25) is 0 Å². The molecule has 3 nitrogen and oxygen atoms in total. The van der Waals surface area contributed by atoms with Gasteiger partial charge >= 0.3 is 0 Å². The molecule has 1 fully saturated rings. The predicted octanol–water partition coefficient (Wildman–Crippen LogP) is 1.85. The second-order valence-electron chi connectivity index (χ2n) is 4.06. The summed E-state index contributed by atoms with van der Waals surface area (Å²) in [6.45, 7) is 0. The van der Waals surface area contributed by atoms with Crippen LogP contribution in [0, 0.1) is 0 Å². The number of anilines is 1. The maximum absolute atomic E-state index is 6.01. The summed E-state index contributed by atoms with van der Waals surface area (Å²) < 4.78 is 0.976. The second-order valence-corrected chi connectivity index (χ2v) is 4.98. The Morgan fingerprint density at radius 1 is 1.50 bits per heavy atom. The fourth-order valence-corrected chi connectivity index (χ4v) is 1.86. The van der Waals surface area contributed by atoms with E-state index in [2.05, 4.69) is 20.9 Å². The van der Waals surface area contributed by atoms with E-state index in [9.17, 15) is 0 Å². The standard InChI is InChI=1S/C10H14BrN3/c11-8-5-7(9(12)14-6-8)1-2-10(13)3-4-10/h5-6H,1-4,13H2,(H2,12,14). The van der Waals surface area contributed by atoms with Gasteiger partial charge in [-0.1, -0.05) is 0 Å². The van der Waals surface area contributed by atoms with Gasteiger partial charge in [-0.05, 0) is 53.2 Å². The number of aromatic nitrogens is 1. The van der Waals surface area contributed by atoms with E-state index < -0.39 is 0 Å². The molecule has 1 aliphatic rings. The highest BCUT2D eigenvalue weighted by Gasteiger charge is 2.37. The zero-order chi connectivity index (χ0) is 10.2. The van der Waals surface area contributed by atoms with Crippen LogP contribution in [-0.2, 0) is 6.42 Å². The molecule has 1 saturated carbocycles.